The smallest absolute Gasteiger partial charge is 0.270 e. The first-order valence-corrected chi connectivity index (χ1v) is 5.48. The third-order valence-electron chi connectivity index (χ3n) is 2.54. The molecule has 4 heteroatoms. The zero-order chi connectivity index (χ0) is 12.3. The molecule has 1 amide bonds. The van der Waals surface area contributed by atoms with E-state index in [9.17, 15) is 4.79 Å². The summed E-state index contributed by atoms with van der Waals surface area (Å²) in [6, 6.07) is 9.17. The van der Waals surface area contributed by atoms with E-state index >= 15 is 0 Å². The molecule has 0 bridgehead atoms. The van der Waals surface area contributed by atoms with E-state index in [2.05, 4.69) is 10.3 Å². The summed E-state index contributed by atoms with van der Waals surface area (Å²) < 4.78 is 0. The Bertz CT molecular complexity index is 534. The van der Waals surface area contributed by atoms with Crippen LogP contribution in [0.2, 0.25) is 0 Å². The van der Waals surface area contributed by atoms with Gasteiger partial charge in [0.1, 0.15) is 5.69 Å². The third kappa shape index (κ3) is 2.42. The predicted molar refractivity (Wildman–Crippen MR) is 65.8 cm³/mol. The molecule has 2 rings (SSSR count). The fraction of sp³-hybridized carbons (Fsp3) is 0.231. The van der Waals surface area contributed by atoms with Gasteiger partial charge in [-0.3, -0.25) is 9.78 Å². The lowest BCUT2D eigenvalue weighted by atomic mass is 10.1. The van der Waals surface area contributed by atoms with Crippen molar-refractivity contribution >= 4 is 16.7 Å². The van der Waals surface area contributed by atoms with E-state index in [0.29, 0.717) is 5.69 Å². The van der Waals surface area contributed by atoms with Crippen LogP contribution < -0.4 is 5.32 Å². The molecule has 1 heterocycles. The van der Waals surface area contributed by atoms with E-state index in [0.717, 1.165) is 10.8 Å². The highest BCUT2D eigenvalue weighted by Gasteiger charge is 2.13. The first-order valence-electron chi connectivity index (χ1n) is 5.48. The number of aliphatic hydroxyl groups excluding tert-OH is 1. The molecule has 2 N–H and O–H groups in total. The van der Waals surface area contributed by atoms with Gasteiger partial charge < -0.3 is 10.4 Å². The molecule has 0 aliphatic rings. The minimum Gasteiger partial charge on any atom is -0.394 e. The van der Waals surface area contributed by atoms with Gasteiger partial charge in [0.05, 0.1) is 6.61 Å². The van der Waals surface area contributed by atoms with Gasteiger partial charge in [0.2, 0.25) is 0 Å². The van der Waals surface area contributed by atoms with Gasteiger partial charge >= 0.3 is 0 Å². The monoisotopic (exact) mass is 230 g/mol. The summed E-state index contributed by atoms with van der Waals surface area (Å²) in [6.07, 6.45) is 1.61. The highest BCUT2D eigenvalue weighted by atomic mass is 16.3. The van der Waals surface area contributed by atoms with Crippen LogP contribution in [0, 0.1) is 0 Å². The highest BCUT2D eigenvalue weighted by molar-refractivity contribution is 6.05. The Morgan fingerprint density at radius 1 is 1.41 bits per heavy atom. The number of pyridine rings is 1. The molecule has 1 aromatic carbocycles. The van der Waals surface area contributed by atoms with Crippen molar-refractivity contribution in [1.29, 1.82) is 0 Å². The average molecular weight is 230 g/mol. The number of amides is 1. The minimum absolute atomic E-state index is 0.0868. The zero-order valence-electron chi connectivity index (χ0n) is 9.55. The number of hydrogen-bond acceptors (Lipinski definition) is 3. The Labute approximate surface area is 99.3 Å². The molecular weight excluding hydrogens is 216 g/mol. The molecule has 4 nitrogen and oxygen atoms in total. The standard InChI is InChI=1S/C13H14N2O2/c1-9(8-16)15-13(17)12-11-5-3-2-4-10(11)6-7-14-12/h2-7,9,16H,8H2,1H3,(H,15,17)/t9-/m0/s1. The number of fused-ring (bicyclic) bond motifs is 1. The topological polar surface area (TPSA) is 62.2 Å². The van der Waals surface area contributed by atoms with Crippen molar-refractivity contribution in [3.8, 4) is 0 Å². The number of benzene rings is 1. The summed E-state index contributed by atoms with van der Waals surface area (Å²) in [5, 5.41) is 13.4. The summed E-state index contributed by atoms with van der Waals surface area (Å²) in [6.45, 7) is 1.65. The van der Waals surface area contributed by atoms with Crippen LogP contribution in [0.5, 0.6) is 0 Å². The first kappa shape index (κ1) is 11.5. The number of nitrogens with one attached hydrogen (secondary N) is 1. The molecule has 0 aliphatic heterocycles. The van der Waals surface area contributed by atoms with Gasteiger partial charge in [-0.2, -0.15) is 0 Å². The van der Waals surface area contributed by atoms with E-state index in [1.165, 1.54) is 0 Å². The van der Waals surface area contributed by atoms with Crippen LogP contribution in [0.3, 0.4) is 0 Å². The van der Waals surface area contributed by atoms with Crippen LogP contribution in [-0.2, 0) is 0 Å². The van der Waals surface area contributed by atoms with Crippen LogP contribution in [0.4, 0.5) is 0 Å². The van der Waals surface area contributed by atoms with Crippen molar-refractivity contribution in [1.82, 2.24) is 10.3 Å². The number of hydrogen-bond donors (Lipinski definition) is 2. The molecule has 17 heavy (non-hydrogen) atoms. The molecular formula is C13H14N2O2. The minimum atomic E-state index is -0.275. The van der Waals surface area contributed by atoms with Crippen molar-refractivity contribution < 1.29 is 9.90 Å². The largest absolute Gasteiger partial charge is 0.394 e. The highest BCUT2D eigenvalue weighted by Crippen LogP contribution is 2.16. The van der Waals surface area contributed by atoms with Crippen molar-refractivity contribution in [3.05, 3.63) is 42.2 Å². The van der Waals surface area contributed by atoms with Crippen LogP contribution in [0.15, 0.2) is 36.5 Å². The lowest BCUT2D eigenvalue weighted by molar-refractivity contribution is 0.0919. The summed E-state index contributed by atoms with van der Waals surface area (Å²) in [5.41, 5.74) is 0.392. The van der Waals surface area contributed by atoms with E-state index in [4.69, 9.17) is 5.11 Å². The van der Waals surface area contributed by atoms with Gasteiger partial charge in [-0.1, -0.05) is 24.3 Å². The number of rotatable bonds is 3. The van der Waals surface area contributed by atoms with Crippen molar-refractivity contribution in [3.63, 3.8) is 0 Å². The summed E-state index contributed by atoms with van der Waals surface area (Å²) in [4.78, 5) is 16.0. The van der Waals surface area contributed by atoms with E-state index in [1.54, 1.807) is 13.1 Å². The van der Waals surface area contributed by atoms with Crippen molar-refractivity contribution in [2.45, 2.75) is 13.0 Å². The summed E-state index contributed by atoms with van der Waals surface area (Å²) >= 11 is 0. The molecule has 0 aliphatic carbocycles. The quantitative estimate of drug-likeness (QED) is 0.836. The van der Waals surface area contributed by atoms with Crippen LogP contribution in [0.1, 0.15) is 17.4 Å². The maximum absolute atomic E-state index is 11.9. The van der Waals surface area contributed by atoms with Crippen LogP contribution in [-0.4, -0.2) is 28.6 Å². The Hall–Kier alpha value is -1.94. The van der Waals surface area contributed by atoms with Gasteiger partial charge in [-0.25, -0.2) is 0 Å². The molecule has 2 aromatic rings. The predicted octanol–water partition coefficient (Wildman–Crippen LogP) is 1.35. The zero-order valence-corrected chi connectivity index (χ0v) is 9.55. The molecule has 0 fully saturated rings. The Morgan fingerprint density at radius 2 is 2.18 bits per heavy atom. The SMILES string of the molecule is C[C@@H](CO)NC(=O)c1nccc2ccccc12. The van der Waals surface area contributed by atoms with Gasteiger partial charge in [0, 0.05) is 17.6 Å². The molecule has 1 aromatic heterocycles. The van der Waals surface area contributed by atoms with Gasteiger partial charge in [0.15, 0.2) is 0 Å². The first-order chi connectivity index (χ1) is 8.22. The molecule has 0 unspecified atom stereocenters. The Kier molecular flexibility index (Phi) is 3.35. The Morgan fingerprint density at radius 3 is 2.94 bits per heavy atom. The fourth-order valence-electron chi connectivity index (χ4n) is 1.64. The number of nitrogens with zero attached hydrogens (tertiary/aromatic N) is 1. The van der Waals surface area contributed by atoms with E-state index in [-0.39, 0.29) is 18.6 Å². The van der Waals surface area contributed by atoms with Crippen LogP contribution in [0.25, 0.3) is 10.8 Å². The van der Waals surface area contributed by atoms with E-state index < -0.39 is 0 Å². The number of aliphatic hydroxyl groups is 1. The second kappa shape index (κ2) is 4.93. The number of carbonyl (C=O) groups excluding carboxylic acids is 1. The molecule has 88 valence electrons. The average Bonchev–Trinajstić information content (AvgIpc) is 2.37. The number of aromatic nitrogens is 1. The van der Waals surface area contributed by atoms with Gasteiger partial charge in [0.25, 0.3) is 5.91 Å². The number of carbonyl (C=O) groups is 1. The van der Waals surface area contributed by atoms with Gasteiger partial charge in [-0.15, -0.1) is 0 Å². The lowest BCUT2D eigenvalue weighted by Crippen LogP contribution is -2.35. The lowest BCUT2D eigenvalue weighted by Gasteiger charge is -2.11. The maximum atomic E-state index is 11.9. The second-order valence-corrected chi connectivity index (χ2v) is 3.94. The van der Waals surface area contributed by atoms with Crippen molar-refractivity contribution in [2.24, 2.45) is 0 Å². The van der Waals surface area contributed by atoms with Crippen LogP contribution >= 0.6 is 0 Å². The molecule has 0 radical (unpaired) electrons. The van der Waals surface area contributed by atoms with E-state index in [1.807, 2.05) is 30.3 Å². The van der Waals surface area contributed by atoms with Crippen molar-refractivity contribution in [2.75, 3.05) is 6.61 Å². The summed E-state index contributed by atoms with van der Waals surface area (Å²) in [7, 11) is 0. The molecule has 0 saturated carbocycles. The fourth-order valence-corrected chi connectivity index (χ4v) is 1.64. The second-order valence-electron chi connectivity index (χ2n) is 3.94. The maximum Gasteiger partial charge on any atom is 0.270 e. The normalized spacial score (nSPS) is 12.4. The van der Waals surface area contributed by atoms with Gasteiger partial charge in [-0.05, 0) is 18.4 Å². The molecule has 0 saturated heterocycles. The molecule has 0 spiro atoms. The summed E-state index contributed by atoms with van der Waals surface area (Å²) in [5.74, 6) is -0.261. The Balaban J connectivity index is 2.38. The third-order valence-corrected chi connectivity index (χ3v) is 2.54. The molecule has 1 atom stereocenters.